The van der Waals surface area contributed by atoms with Gasteiger partial charge in [0.05, 0.1) is 24.5 Å². The number of hydrogen-bond acceptors (Lipinski definition) is 4. The Kier molecular flexibility index (Phi) is 4.46. The molecule has 0 aliphatic carbocycles. The molecule has 3 rings (SSSR count). The van der Waals surface area contributed by atoms with Crippen LogP contribution in [-0.4, -0.2) is 27.8 Å². The second-order valence-corrected chi connectivity index (χ2v) is 5.72. The van der Waals surface area contributed by atoms with Crippen LogP contribution in [0, 0.1) is 6.92 Å². The number of rotatable bonds is 6. The molecular weight excluding hydrogens is 304 g/mol. The van der Waals surface area contributed by atoms with E-state index in [0.29, 0.717) is 19.4 Å². The second-order valence-electron chi connectivity index (χ2n) is 5.72. The van der Waals surface area contributed by atoms with Gasteiger partial charge in [0.25, 0.3) is 0 Å². The Morgan fingerprint density at radius 2 is 2.04 bits per heavy atom. The van der Waals surface area contributed by atoms with Gasteiger partial charge in [0.2, 0.25) is 5.91 Å². The lowest BCUT2D eigenvalue weighted by Crippen LogP contribution is -2.12. The number of pyridine rings is 1. The van der Waals surface area contributed by atoms with Gasteiger partial charge in [0, 0.05) is 18.5 Å². The third-order valence-electron chi connectivity index (χ3n) is 3.97. The van der Waals surface area contributed by atoms with E-state index in [1.54, 1.807) is 13.3 Å². The number of nitrogens with zero attached hydrogens (tertiary/aromatic N) is 3. The van der Waals surface area contributed by atoms with E-state index in [1.807, 2.05) is 35.9 Å². The van der Waals surface area contributed by atoms with Crippen molar-refractivity contribution in [2.75, 3.05) is 7.11 Å². The molecule has 0 saturated carbocycles. The van der Waals surface area contributed by atoms with Crippen LogP contribution in [0.1, 0.15) is 18.4 Å². The molecule has 0 atom stereocenters. The number of carbonyl (C=O) groups is 1. The highest BCUT2D eigenvalue weighted by molar-refractivity contribution is 5.81. The van der Waals surface area contributed by atoms with Crippen molar-refractivity contribution < 1.29 is 9.53 Å². The van der Waals surface area contributed by atoms with E-state index in [0.717, 1.165) is 33.6 Å². The van der Waals surface area contributed by atoms with Crippen LogP contribution in [0.25, 0.3) is 22.3 Å². The van der Waals surface area contributed by atoms with Crippen molar-refractivity contribution in [3.05, 3.63) is 42.1 Å². The maximum Gasteiger partial charge on any atom is 0.217 e. The molecule has 1 amide bonds. The second kappa shape index (κ2) is 6.70. The maximum absolute atomic E-state index is 10.9. The van der Waals surface area contributed by atoms with Gasteiger partial charge in [0.1, 0.15) is 11.3 Å². The van der Waals surface area contributed by atoms with Gasteiger partial charge in [0.15, 0.2) is 0 Å². The van der Waals surface area contributed by atoms with Gasteiger partial charge in [-0.2, -0.15) is 5.10 Å². The minimum atomic E-state index is -0.289. The number of carbonyl (C=O) groups excluding carboxylic acids is 1. The first-order chi connectivity index (χ1) is 11.6. The average Bonchev–Trinajstić information content (AvgIpc) is 2.98. The van der Waals surface area contributed by atoms with E-state index in [-0.39, 0.29) is 5.91 Å². The molecule has 0 aliphatic rings. The van der Waals surface area contributed by atoms with Crippen LogP contribution in [0.5, 0.6) is 5.75 Å². The first-order valence-corrected chi connectivity index (χ1v) is 7.84. The van der Waals surface area contributed by atoms with Crippen molar-refractivity contribution in [3.8, 4) is 17.0 Å². The largest absolute Gasteiger partial charge is 0.497 e. The van der Waals surface area contributed by atoms with Crippen molar-refractivity contribution in [1.82, 2.24) is 14.8 Å². The van der Waals surface area contributed by atoms with Crippen LogP contribution >= 0.6 is 0 Å². The molecule has 0 saturated heterocycles. The fraction of sp³-hybridized carbons (Fsp3) is 0.278. The molecule has 0 bridgehead atoms. The number of methoxy groups -OCH3 is 1. The molecular formula is C18H20N4O2. The molecule has 3 aromatic rings. The lowest BCUT2D eigenvalue weighted by atomic mass is 10.1. The van der Waals surface area contributed by atoms with Gasteiger partial charge >= 0.3 is 0 Å². The van der Waals surface area contributed by atoms with E-state index >= 15 is 0 Å². The van der Waals surface area contributed by atoms with Crippen LogP contribution in [0.3, 0.4) is 0 Å². The quantitative estimate of drug-likeness (QED) is 0.755. The SMILES string of the molecule is COc1ccc(-c2cc(C)c3c(cnn3CCCC(N)=O)n2)cc1. The van der Waals surface area contributed by atoms with Crippen LogP contribution in [-0.2, 0) is 11.3 Å². The minimum absolute atomic E-state index is 0.289. The number of benzene rings is 1. The highest BCUT2D eigenvalue weighted by atomic mass is 16.5. The Bertz CT molecular complexity index is 869. The van der Waals surface area contributed by atoms with Crippen molar-refractivity contribution in [1.29, 1.82) is 0 Å². The number of hydrogen-bond donors (Lipinski definition) is 1. The van der Waals surface area contributed by atoms with Crippen molar-refractivity contribution in [2.24, 2.45) is 5.73 Å². The van der Waals surface area contributed by atoms with E-state index < -0.39 is 0 Å². The fourth-order valence-corrected chi connectivity index (χ4v) is 2.78. The molecule has 124 valence electrons. The molecule has 6 heteroatoms. The number of aromatic nitrogens is 3. The standard InChI is InChI=1S/C18H20N4O2/c1-12-10-15(13-5-7-14(24-2)8-6-13)21-16-11-20-22(18(12)16)9-3-4-17(19)23/h5-8,10-11H,3-4,9H2,1-2H3,(H2,19,23). The molecule has 2 heterocycles. The molecule has 6 nitrogen and oxygen atoms in total. The van der Waals surface area contributed by atoms with Crippen LogP contribution in [0.4, 0.5) is 0 Å². The van der Waals surface area contributed by atoms with Gasteiger partial charge in [-0.1, -0.05) is 0 Å². The Labute approximate surface area is 140 Å². The molecule has 0 fully saturated rings. The summed E-state index contributed by atoms with van der Waals surface area (Å²) in [5, 5.41) is 4.40. The van der Waals surface area contributed by atoms with E-state index in [2.05, 4.69) is 11.2 Å². The number of ether oxygens (including phenoxy) is 1. The molecule has 2 aromatic heterocycles. The topological polar surface area (TPSA) is 83.0 Å². The first-order valence-electron chi connectivity index (χ1n) is 7.84. The third-order valence-corrected chi connectivity index (χ3v) is 3.97. The zero-order valence-electron chi connectivity index (χ0n) is 13.8. The predicted molar refractivity (Wildman–Crippen MR) is 92.7 cm³/mol. The summed E-state index contributed by atoms with van der Waals surface area (Å²) in [5.74, 6) is 0.530. The number of amides is 1. The fourth-order valence-electron chi connectivity index (χ4n) is 2.78. The Morgan fingerprint density at radius 1 is 1.29 bits per heavy atom. The average molecular weight is 324 g/mol. The van der Waals surface area contributed by atoms with E-state index in [1.165, 1.54) is 0 Å². The predicted octanol–water partition coefficient (Wildman–Crippen LogP) is 2.68. The van der Waals surface area contributed by atoms with Crippen molar-refractivity contribution in [3.63, 3.8) is 0 Å². The van der Waals surface area contributed by atoms with Crippen molar-refractivity contribution in [2.45, 2.75) is 26.3 Å². The summed E-state index contributed by atoms with van der Waals surface area (Å²) in [6.07, 6.45) is 2.79. The molecule has 0 spiro atoms. The molecule has 1 aromatic carbocycles. The number of nitrogens with two attached hydrogens (primary N) is 1. The lowest BCUT2D eigenvalue weighted by molar-refractivity contribution is -0.118. The van der Waals surface area contributed by atoms with Crippen LogP contribution in [0.2, 0.25) is 0 Å². The Morgan fingerprint density at radius 3 is 2.71 bits per heavy atom. The first kappa shape index (κ1) is 16.0. The van der Waals surface area contributed by atoms with Gasteiger partial charge in [-0.3, -0.25) is 9.48 Å². The number of fused-ring (bicyclic) bond motifs is 1. The van der Waals surface area contributed by atoms with E-state index in [4.69, 9.17) is 15.5 Å². The molecule has 0 unspecified atom stereocenters. The Balaban J connectivity index is 1.91. The van der Waals surface area contributed by atoms with Gasteiger partial charge in [-0.25, -0.2) is 4.98 Å². The maximum atomic E-state index is 10.9. The molecule has 2 N–H and O–H groups in total. The van der Waals surface area contributed by atoms with Crippen LogP contribution in [0.15, 0.2) is 36.5 Å². The van der Waals surface area contributed by atoms with Crippen LogP contribution < -0.4 is 10.5 Å². The summed E-state index contributed by atoms with van der Waals surface area (Å²) in [4.78, 5) is 15.6. The molecule has 0 radical (unpaired) electrons. The van der Waals surface area contributed by atoms with Gasteiger partial charge < -0.3 is 10.5 Å². The minimum Gasteiger partial charge on any atom is -0.497 e. The molecule has 0 aliphatic heterocycles. The van der Waals surface area contributed by atoms with E-state index in [9.17, 15) is 4.79 Å². The normalized spacial score (nSPS) is 10.9. The highest BCUT2D eigenvalue weighted by Crippen LogP contribution is 2.26. The summed E-state index contributed by atoms with van der Waals surface area (Å²) in [6, 6.07) is 9.87. The molecule has 24 heavy (non-hydrogen) atoms. The number of primary amides is 1. The van der Waals surface area contributed by atoms with Crippen molar-refractivity contribution >= 4 is 16.9 Å². The monoisotopic (exact) mass is 324 g/mol. The highest BCUT2D eigenvalue weighted by Gasteiger charge is 2.11. The number of aryl methyl sites for hydroxylation is 2. The Hall–Kier alpha value is -2.89. The summed E-state index contributed by atoms with van der Waals surface area (Å²) < 4.78 is 7.08. The summed E-state index contributed by atoms with van der Waals surface area (Å²) in [5.41, 5.74) is 10.1. The third kappa shape index (κ3) is 3.22. The smallest absolute Gasteiger partial charge is 0.217 e. The summed E-state index contributed by atoms with van der Waals surface area (Å²) in [7, 11) is 1.65. The lowest BCUT2D eigenvalue weighted by Gasteiger charge is -2.08. The zero-order chi connectivity index (χ0) is 17.1. The summed E-state index contributed by atoms with van der Waals surface area (Å²) in [6.45, 7) is 2.69. The zero-order valence-corrected chi connectivity index (χ0v) is 13.8. The van der Waals surface area contributed by atoms with Gasteiger partial charge in [-0.05, 0) is 49.2 Å². The van der Waals surface area contributed by atoms with Gasteiger partial charge in [-0.15, -0.1) is 0 Å². The summed E-state index contributed by atoms with van der Waals surface area (Å²) >= 11 is 0.